The number of rotatable bonds is 8. The Hall–Kier alpha value is -8.46. The monoisotopic (exact) mass is 814 g/mol. The van der Waals surface area contributed by atoms with Crippen LogP contribution in [0.3, 0.4) is 0 Å². The quantitative estimate of drug-likeness (QED) is 0.139. The molecule has 64 heavy (non-hydrogen) atoms. The second-order valence-corrected chi connectivity index (χ2v) is 16.4. The predicted octanol–water partition coefficient (Wildman–Crippen LogP) is 17.2. The molecule has 0 amide bonds. The predicted molar refractivity (Wildman–Crippen MR) is 272 cm³/mol. The van der Waals surface area contributed by atoms with Gasteiger partial charge in [0, 0.05) is 33.4 Å². The summed E-state index contributed by atoms with van der Waals surface area (Å²) in [6.45, 7) is 0. The summed E-state index contributed by atoms with van der Waals surface area (Å²) in [5.41, 5.74) is 16.2. The first-order valence-corrected chi connectivity index (χ1v) is 22.0. The molecular weight excluding hydrogens is 773 g/mol. The van der Waals surface area contributed by atoms with Gasteiger partial charge < -0.3 is 9.47 Å². The zero-order valence-corrected chi connectivity index (χ0v) is 35.1. The van der Waals surface area contributed by atoms with E-state index in [-0.39, 0.29) is 0 Å². The summed E-state index contributed by atoms with van der Waals surface area (Å²) >= 11 is 0. The van der Waals surface area contributed by atoms with Crippen molar-refractivity contribution in [2.45, 2.75) is 0 Å². The van der Waals surface area contributed by atoms with Crippen LogP contribution in [0, 0.1) is 0 Å². The van der Waals surface area contributed by atoms with Gasteiger partial charge in [0.05, 0.1) is 16.7 Å². The van der Waals surface area contributed by atoms with Crippen LogP contribution in [0.1, 0.15) is 0 Å². The highest BCUT2D eigenvalue weighted by Crippen LogP contribution is 2.50. The molecule has 0 N–H and O–H groups in total. The van der Waals surface area contributed by atoms with E-state index in [1.54, 1.807) is 0 Å². The Labute approximate surface area is 373 Å². The molecule has 1 heterocycles. The van der Waals surface area contributed by atoms with Gasteiger partial charge in [-0.15, -0.1) is 0 Å². The van der Waals surface area contributed by atoms with Gasteiger partial charge in [0.1, 0.15) is 0 Å². The number of nitrogens with zero attached hydrogens (tertiary/aromatic N) is 2. The molecule has 0 aliphatic heterocycles. The molecule has 0 unspecified atom stereocenters. The molecule has 2 nitrogen and oxygen atoms in total. The Kier molecular flexibility index (Phi) is 9.20. The smallest absolute Gasteiger partial charge is 0.0561 e. The number of aromatic nitrogens is 1. The van der Waals surface area contributed by atoms with Crippen LogP contribution >= 0.6 is 0 Å². The molecule has 12 rings (SSSR count). The van der Waals surface area contributed by atoms with E-state index in [1.807, 2.05) is 0 Å². The lowest BCUT2D eigenvalue weighted by Gasteiger charge is -2.30. The van der Waals surface area contributed by atoms with Crippen molar-refractivity contribution in [1.29, 1.82) is 0 Å². The van der Waals surface area contributed by atoms with Crippen molar-refractivity contribution in [3.8, 4) is 50.2 Å². The van der Waals surface area contributed by atoms with E-state index in [0.717, 1.165) is 28.3 Å². The Morgan fingerprint density at radius 3 is 1.59 bits per heavy atom. The van der Waals surface area contributed by atoms with Gasteiger partial charge in [-0.1, -0.05) is 200 Å². The average Bonchev–Trinajstić information content (AvgIpc) is 3.71. The summed E-state index contributed by atoms with van der Waals surface area (Å²) in [6, 6.07) is 92.9. The molecule has 0 saturated heterocycles. The van der Waals surface area contributed by atoms with Crippen molar-refractivity contribution in [2.75, 3.05) is 4.90 Å². The number of para-hydroxylation sites is 2. The molecule has 0 bridgehead atoms. The zero-order chi connectivity index (χ0) is 42.4. The van der Waals surface area contributed by atoms with Crippen LogP contribution in [-0.2, 0) is 0 Å². The first-order chi connectivity index (χ1) is 31.8. The lowest BCUT2D eigenvalue weighted by molar-refractivity contribution is 1.18. The third kappa shape index (κ3) is 6.35. The third-order valence-corrected chi connectivity index (χ3v) is 12.8. The Balaban J connectivity index is 1.19. The summed E-state index contributed by atoms with van der Waals surface area (Å²) < 4.78 is 2.41. The lowest BCUT2D eigenvalue weighted by Crippen LogP contribution is -2.12. The molecule has 0 aliphatic rings. The summed E-state index contributed by atoms with van der Waals surface area (Å²) in [5.74, 6) is 0. The Bertz CT molecular complexity index is 3640. The molecular formula is C62H42N2. The molecule has 0 radical (unpaired) electrons. The van der Waals surface area contributed by atoms with E-state index in [0.29, 0.717) is 0 Å². The summed E-state index contributed by atoms with van der Waals surface area (Å²) in [5, 5.41) is 7.36. The molecule has 1 aromatic heterocycles. The molecule has 300 valence electrons. The van der Waals surface area contributed by atoms with Crippen molar-refractivity contribution in [1.82, 2.24) is 4.57 Å². The summed E-state index contributed by atoms with van der Waals surface area (Å²) in [6.07, 6.45) is 0. The molecule has 12 aromatic rings. The molecule has 0 aliphatic carbocycles. The Morgan fingerprint density at radius 1 is 0.281 bits per heavy atom. The molecule has 0 saturated carbocycles. The van der Waals surface area contributed by atoms with Gasteiger partial charge >= 0.3 is 0 Å². The van der Waals surface area contributed by atoms with E-state index in [1.165, 1.54) is 82.3 Å². The maximum atomic E-state index is 2.48. The van der Waals surface area contributed by atoms with Crippen LogP contribution in [0.4, 0.5) is 17.1 Å². The minimum atomic E-state index is 1.07. The van der Waals surface area contributed by atoms with Crippen LogP contribution in [0.5, 0.6) is 0 Å². The fraction of sp³-hybridized carbons (Fsp3) is 0. The van der Waals surface area contributed by atoms with Crippen LogP contribution in [0.2, 0.25) is 0 Å². The van der Waals surface area contributed by atoms with Crippen LogP contribution in [0.15, 0.2) is 255 Å². The third-order valence-electron chi connectivity index (χ3n) is 12.8. The van der Waals surface area contributed by atoms with E-state index in [9.17, 15) is 0 Å². The SMILES string of the molecule is c1ccc(-c2ccc(N(c3ccc4c5ccccc5n(-c5ccccc5)c4c3)c3cccc(-c4ccccc4-c4ccccc4)c3-c3cc4ccccc4c4ccccc34)cc2)cc1. The standard InChI is InChI=1S/C62H42N2/c1-4-19-43(20-5-1)44-35-37-48(38-36-44)63(49-39-40-56-55-31-16-17-33-59(55)64(61(56)42-49)47-24-8-3-9-25-47)60-34-18-32-57(53-29-13-12-26-50(53)45-21-6-2-7-22-45)62(60)58-41-46-23-10-11-27-51(46)52-28-14-15-30-54(52)58/h1-42H. The van der Waals surface area contributed by atoms with Gasteiger partial charge in [-0.25, -0.2) is 0 Å². The van der Waals surface area contributed by atoms with E-state index in [4.69, 9.17) is 0 Å². The van der Waals surface area contributed by atoms with Crippen molar-refractivity contribution in [3.63, 3.8) is 0 Å². The minimum Gasteiger partial charge on any atom is -0.310 e. The van der Waals surface area contributed by atoms with Crippen molar-refractivity contribution in [3.05, 3.63) is 255 Å². The second kappa shape index (κ2) is 15.8. The van der Waals surface area contributed by atoms with Crippen molar-refractivity contribution < 1.29 is 0 Å². The van der Waals surface area contributed by atoms with Gasteiger partial charge in [-0.3, -0.25) is 0 Å². The van der Waals surface area contributed by atoms with Crippen molar-refractivity contribution in [2.24, 2.45) is 0 Å². The highest BCUT2D eigenvalue weighted by molar-refractivity contribution is 6.17. The molecule has 0 atom stereocenters. The molecule has 11 aromatic carbocycles. The van der Waals surface area contributed by atoms with E-state index >= 15 is 0 Å². The average molecular weight is 815 g/mol. The highest BCUT2D eigenvalue weighted by atomic mass is 15.1. The maximum Gasteiger partial charge on any atom is 0.0561 e. The minimum absolute atomic E-state index is 1.07. The molecule has 0 fully saturated rings. The highest BCUT2D eigenvalue weighted by Gasteiger charge is 2.25. The maximum absolute atomic E-state index is 2.48. The number of hydrogen-bond donors (Lipinski definition) is 0. The van der Waals surface area contributed by atoms with Crippen molar-refractivity contribution >= 4 is 60.4 Å². The summed E-state index contributed by atoms with van der Waals surface area (Å²) in [4.78, 5) is 2.48. The second-order valence-electron chi connectivity index (χ2n) is 16.4. The fourth-order valence-electron chi connectivity index (χ4n) is 9.90. The van der Waals surface area contributed by atoms with E-state index < -0.39 is 0 Å². The molecule has 2 heteroatoms. The van der Waals surface area contributed by atoms with Gasteiger partial charge in [0.25, 0.3) is 0 Å². The zero-order valence-electron chi connectivity index (χ0n) is 35.1. The number of hydrogen-bond acceptors (Lipinski definition) is 1. The normalized spacial score (nSPS) is 11.4. The van der Waals surface area contributed by atoms with Gasteiger partial charge in [0.2, 0.25) is 0 Å². The fourth-order valence-corrected chi connectivity index (χ4v) is 9.90. The van der Waals surface area contributed by atoms with Crippen LogP contribution in [0.25, 0.3) is 93.5 Å². The van der Waals surface area contributed by atoms with Crippen LogP contribution in [-0.4, -0.2) is 4.57 Å². The van der Waals surface area contributed by atoms with Crippen LogP contribution < -0.4 is 4.90 Å². The van der Waals surface area contributed by atoms with Gasteiger partial charge in [-0.2, -0.15) is 0 Å². The van der Waals surface area contributed by atoms with Gasteiger partial charge in [-0.05, 0) is 115 Å². The van der Waals surface area contributed by atoms with E-state index in [2.05, 4.69) is 264 Å². The Morgan fingerprint density at radius 2 is 0.828 bits per heavy atom. The number of fused-ring (bicyclic) bond motifs is 6. The lowest BCUT2D eigenvalue weighted by atomic mass is 9.85. The topological polar surface area (TPSA) is 8.17 Å². The number of anilines is 3. The first-order valence-electron chi connectivity index (χ1n) is 22.0. The molecule has 0 spiro atoms. The largest absolute Gasteiger partial charge is 0.310 e. The first kappa shape index (κ1) is 37.3. The van der Waals surface area contributed by atoms with Gasteiger partial charge in [0.15, 0.2) is 0 Å². The number of benzene rings is 11. The summed E-state index contributed by atoms with van der Waals surface area (Å²) in [7, 11) is 0.